The fourth-order valence-corrected chi connectivity index (χ4v) is 3.54. The zero-order valence-electron chi connectivity index (χ0n) is 12.7. The van der Waals surface area contributed by atoms with Crippen LogP contribution in [0.15, 0.2) is 6.07 Å². The van der Waals surface area contributed by atoms with E-state index in [0.29, 0.717) is 4.88 Å². The van der Waals surface area contributed by atoms with Crippen molar-refractivity contribution in [3.63, 3.8) is 0 Å². The summed E-state index contributed by atoms with van der Waals surface area (Å²) in [7, 11) is 0. The molecule has 2 rings (SSSR count). The predicted molar refractivity (Wildman–Crippen MR) is 83.8 cm³/mol. The summed E-state index contributed by atoms with van der Waals surface area (Å²) in [4.78, 5) is 25.6. The topological polar surface area (TPSA) is 55.4 Å². The van der Waals surface area contributed by atoms with Crippen LogP contribution in [0.1, 0.15) is 59.6 Å². The third kappa shape index (κ3) is 4.56. The summed E-state index contributed by atoms with van der Waals surface area (Å²) in [5, 5.41) is 2.78. The molecule has 0 bridgehead atoms. The lowest BCUT2D eigenvalue weighted by Gasteiger charge is -2.11. The Labute approximate surface area is 129 Å². The molecule has 1 atom stereocenters. The second-order valence-corrected chi connectivity index (χ2v) is 6.71. The number of fused-ring (bicyclic) bond motifs is 1. The molecule has 1 heterocycles. The second kappa shape index (κ2) is 7.59. The van der Waals surface area contributed by atoms with Crippen LogP contribution < -0.4 is 5.32 Å². The van der Waals surface area contributed by atoms with Gasteiger partial charge in [0.2, 0.25) is 0 Å². The van der Waals surface area contributed by atoms with Crippen LogP contribution in [-0.2, 0) is 22.4 Å². The number of amides is 1. The van der Waals surface area contributed by atoms with E-state index in [1.54, 1.807) is 0 Å². The second-order valence-electron chi connectivity index (χ2n) is 5.57. The molecule has 0 unspecified atom stereocenters. The maximum atomic E-state index is 12.0. The van der Waals surface area contributed by atoms with Crippen LogP contribution in [-0.4, -0.2) is 24.5 Å². The molecule has 1 aromatic rings. The van der Waals surface area contributed by atoms with Crippen LogP contribution in [0.25, 0.3) is 0 Å². The van der Waals surface area contributed by atoms with E-state index in [9.17, 15) is 9.59 Å². The molecule has 1 N–H and O–H groups in total. The van der Waals surface area contributed by atoms with Crippen LogP contribution >= 0.6 is 11.3 Å². The van der Waals surface area contributed by atoms with Crippen molar-refractivity contribution in [3.8, 4) is 0 Å². The molecule has 1 aromatic heterocycles. The first-order chi connectivity index (χ1) is 10.1. The van der Waals surface area contributed by atoms with Crippen molar-refractivity contribution >= 4 is 23.2 Å². The van der Waals surface area contributed by atoms with Gasteiger partial charge < -0.3 is 10.1 Å². The SMILES string of the molecule is CC[C@H](C)NC(=O)COC(=O)c1cc2c(s1)CCCCC2. The third-order valence-electron chi connectivity index (χ3n) is 3.80. The molecule has 0 saturated heterocycles. The largest absolute Gasteiger partial charge is 0.451 e. The third-order valence-corrected chi connectivity index (χ3v) is 5.02. The van der Waals surface area contributed by atoms with E-state index in [1.807, 2.05) is 19.9 Å². The molecule has 0 spiro atoms. The fourth-order valence-electron chi connectivity index (χ4n) is 2.39. The highest BCUT2D eigenvalue weighted by molar-refractivity contribution is 7.14. The lowest BCUT2D eigenvalue weighted by atomic mass is 10.1. The normalized spacial score (nSPS) is 15.7. The molecule has 21 heavy (non-hydrogen) atoms. The minimum atomic E-state index is -0.382. The summed E-state index contributed by atoms with van der Waals surface area (Å²) in [6, 6.07) is 2.05. The van der Waals surface area contributed by atoms with Gasteiger partial charge in [-0.25, -0.2) is 4.79 Å². The Morgan fingerprint density at radius 2 is 2.10 bits per heavy atom. The van der Waals surface area contributed by atoms with E-state index in [1.165, 1.54) is 41.0 Å². The van der Waals surface area contributed by atoms with Crippen molar-refractivity contribution in [2.75, 3.05) is 6.61 Å². The molecular formula is C16H23NO3S. The van der Waals surface area contributed by atoms with E-state index < -0.39 is 0 Å². The standard InChI is InChI=1S/C16H23NO3S/c1-3-11(2)17-15(18)10-20-16(19)14-9-12-7-5-4-6-8-13(12)21-14/h9,11H,3-8,10H2,1-2H3,(H,17,18)/t11-/m0/s1. The highest BCUT2D eigenvalue weighted by atomic mass is 32.1. The van der Waals surface area contributed by atoms with Crippen LogP contribution in [0.5, 0.6) is 0 Å². The van der Waals surface area contributed by atoms with Gasteiger partial charge in [-0.3, -0.25) is 4.79 Å². The van der Waals surface area contributed by atoms with Crippen LogP contribution in [0, 0.1) is 0 Å². The van der Waals surface area contributed by atoms with Gasteiger partial charge in [0.25, 0.3) is 5.91 Å². The molecule has 4 nitrogen and oxygen atoms in total. The Morgan fingerprint density at radius 1 is 1.33 bits per heavy atom. The minimum absolute atomic E-state index is 0.106. The lowest BCUT2D eigenvalue weighted by molar-refractivity contribution is -0.124. The fraction of sp³-hybridized carbons (Fsp3) is 0.625. The number of carbonyl (C=O) groups is 2. The molecule has 1 amide bonds. The van der Waals surface area contributed by atoms with Gasteiger partial charge in [0.15, 0.2) is 6.61 Å². The van der Waals surface area contributed by atoms with E-state index >= 15 is 0 Å². The maximum absolute atomic E-state index is 12.0. The van der Waals surface area contributed by atoms with E-state index in [2.05, 4.69) is 5.32 Å². The monoisotopic (exact) mass is 309 g/mol. The van der Waals surface area contributed by atoms with E-state index in [-0.39, 0.29) is 24.5 Å². The average molecular weight is 309 g/mol. The van der Waals surface area contributed by atoms with Gasteiger partial charge in [-0.05, 0) is 50.7 Å². The summed E-state index contributed by atoms with van der Waals surface area (Å²) < 4.78 is 5.10. The zero-order chi connectivity index (χ0) is 15.2. The molecule has 1 aliphatic rings. The van der Waals surface area contributed by atoms with Gasteiger partial charge in [-0.15, -0.1) is 11.3 Å². The lowest BCUT2D eigenvalue weighted by Crippen LogP contribution is -2.35. The Kier molecular flexibility index (Phi) is 5.79. The Hall–Kier alpha value is -1.36. The van der Waals surface area contributed by atoms with E-state index in [0.717, 1.165) is 19.3 Å². The molecule has 0 aromatic carbocycles. The minimum Gasteiger partial charge on any atom is -0.451 e. The molecule has 0 radical (unpaired) electrons. The predicted octanol–water partition coefficient (Wildman–Crippen LogP) is 3.09. The highest BCUT2D eigenvalue weighted by Gasteiger charge is 2.18. The summed E-state index contributed by atoms with van der Waals surface area (Å²) in [5.41, 5.74) is 1.29. The van der Waals surface area contributed by atoms with Gasteiger partial charge in [-0.1, -0.05) is 13.3 Å². The van der Waals surface area contributed by atoms with Gasteiger partial charge in [0.05, 0.1) is 0 Å². The summed E-state index contributed by atoms with van der Waals surface area (Å²) in [6.07, 6.45) is 6.61. The molecule has 1 aliphatic carbocycles. The van der Waals surface area contributed by atoms with Crippen LogP contribution in [0.2, 0.25) is 0 Å². The van der Waals surface area contributed by atoms with Crippen molar-refractivity contribution in [1.82, 2.24) is 5.32 Å². The van der Waals surface area contributed by atoms with Crippen molar-refractivity contribution in [1.29, 1.82) is 0 Å². The van der Waals surface area contributed by atoms with Gasteiger partial charge >= 0.3 is 5.97 Å². The molecule has 5 heteroatoms. The molecular weight excluding hydrogens is 286 g/mol. The molecule has 0 saturated carbocycles. The smallest absolute Gasteiger partial charge is 0.348 e. The highest BCUT2D eigenvalue weighted by Crippen LogP contribution is 2.29. The van der Waals surface area contributed by atoms with Crippen LogP contribution in [0.3, 0.4) is 0 Å². The van der Waals surface area contributed by atoms with Crippen molar-refractivity contribution in [2.45, 2.75) is 58.4 Å². The van der Waals surface area contributed by atoms with Gasteiger partial charge in [0.1, 0.15) is 4.88 Å². The number of rotatable bonds is 5. The molecule has 0 aliphatic heterocycles. The number of ether oxygens (including phenoxy) is 1. The first kappa shape index (κ1) is 16.0. The zero-order valence-corrected chi connectivity index (χ0v) is 13.6. The van der Waals surface area contributed by atoms with Crippen molar-refractivity contribution in [3.05, 3.63) is 21.4 Å². The first-order valence-electron chi connectivity index (χ1n) is 7.68. The molecule has 0 fully saturated rings. The average Bonchev–Trinajstić information content (AvgIpc) is 2.76. The quantitative estimate of drug-likeness (QED) is 0.672. The Morgan fingerprint density at radius 3 is 2.86 bits per heavy atom. The summed E-state index contributed by atoms with van der Waals surface area (Å²) in [6.45, 7) is 3.72. The number of hydrogen-bond donors (Lipinski definition) is 1. The Balaban J connectivity index is 1.87. The maximum Gasteiger partial charge on any atom is 0.348 e. The van der Waals surface area contributed by atoms with Gasteiger partial charge in [0, 0.05) is 10.9 Å². The van der Waals surface area contributed by atoms with Crippen LogP contribution in [0.4, 0.5) is 0 Å². The molecule has 116 valence electrons. The summed E-state index contributed by atoms with van der Waals surface area (Å²) in [5.74, 6) is -0.622. The van der Waals surface area contributed by atoms with Crippen molar-refractivity contribution < 1.29 is 14.3 Å². The number of aryl methyl sites for hydroxylation is 2. The number of thiophene rings is 1. The Bertz CT molecular complexity index is 486. The van der Waals surface area contributed by atoms with E-state index in [4.69, 9.17) is 4.74 Å². The van der Waals surface area contributed by atoms with Gasteiger partial charge in [-0.2, -0.15) is 0 Å². The summed E-state index contributed by atoms with van der Waals surface area (Å²) >= 11 is 1.52. The number of esters is 1. The number of carbonyl (C=O) groups excluding carboxylic acids is 2. The number of nitrogens with one attached hydrogen (secondary N) is 1. The first-order valence-corrected chi connectivity index (χ1v) is 8.50. The van der Waals surface area contributed by atoms with Crippen molar-refractivity contribution in [2.24, 2.45) is 0 Å². The number of hydrogen-bond acceptors (Lipinski definition) is 4.